The Morgan fingerprint density at radius 3 is 2.83 bits per heavy atom. The van der Waals surface area contributed by atoms with Gasteiger partial charge in [0.2, 0.25) is 10.0 Å². The second kappa shape index (κ2) is 8.21. The van der Waals surface area contributed by atoms with Crippen molar-refractivity contribution in [1.82, 2.24) is 4.72 Å². The van der Waals surface area contributed by atoms with Crippen LogP contribution in [0.5, 0.6) is 0 Å². The summed E-state index contributed by atoms with van der Waals surface area (Å²) in [6, 6.07) is 8.42. The molecule has 2 atom stereocenters. The highest BCUT2D eigenvalue weighted by molar-refractivity contribution is 7.92. The third-order valence-electron chi connectivity index (χ3n) is 3.27. The fourth-order valence-electron chi connectivity index (χ4n) is 2.19. The lowest BCUT2D eigenvalue weighted by molar-refractivity contribution is -0.147. The number of hydrogen-bond donors (Lipinski definition) is 2. The van der Waals surface area contributed by atoms with Gasteiger partial charge in [-0.25, -0.2) is 17.9 Å². The zero-order valence-corrected chi connectivity index (χ0v) is 13.2. The van der Waals surface area contributed by atoms with Gasteiger partial charge in [0.15, 0.2) is 0 Å². The Morgan fingerprint density at radius 2 is 2.13 bits per heavy atom. The predicted octanol–water partition coefficient (Wildman–Crippen LogP) is 0.835. The van der Waals surface area contributed by atoms with Crippen LogP contribution in [0.15, 0.2) is 35.7 Å². The van der Waals surface area contributed by atoms with Gasteiger partial charge in [-0.15, -0.1) is 0 Å². The molecule has 1 fully saturated rings. The fourth-order valence-corrected chi connectivity index (χ4v) is 3.25. The van der Waals surface area contributed by atoms with E-state index in [0.717, 1.165) is 11.0 Å². The van der Waals surface area contributed by atoms with Crippen LogP contribution in [0.3, 0.4) is 0 Å². The molecule has 2 rings (SSSR count). The normalized spacial score (nSPS) is 22.3. The summed E-state index contributed by atoms with van der Waals surface area (Å²) in [5, 5.41) is 9.74. The van der Waals surface area contributed by atoms with Crippen LogP contribution in [0.2, 0.25) is 0 Å². The van der Waals surface area contributed by atoms with E-state index in [1.54, 1.807) is 12.1 Å². The molecular weight excluding hydrogens is 322 g/mol. The Kier molecular flexibility index (Phi) is 6.28. The van der Waals surface area contributed by atoms with Gasteiger partial charge in [-0.05, 0) is 18.1 Å². The summed E-state index contributed by atoms with van der Waals surface area (Å²) in [5.41, 5.74) is 0.761. The number of rotatable bonds is 7. The van der Waals surface area contributed by atoms with Crippen LogP contribution in [-0.2, 0) is 24.3 Å². The van der Waals surface area contributed by atoms with Gasteiger partial charge >= 0.3 is 5.97 Å². The first-order valence-corrected chi connectivity index (χ1v) is 8.67. The van der Waals surface area contributed by atoms with E-state index in [1.807, 2.05) is 18.2 Å². The molecule has 0 saturated carbocycles. The molecule has 0 aromatic heterocycles. The highest BCUT2D eigenvalue weighted by Gasteiger charge is 2.29. The number of benzene rings is 1. The maximum absolute atomic E-state index is 12.1. The Hall–Kier alpha value is -1.74. The van der Waals surface area contributed by atoms with Gasteiger partial charge in [0.1, 0.15) is 6.61 Å². The number of hydrogen-bond acceptors (Lipinski definition) is 5. The quantitative estimate of drug-likeness (QED) is 0.762. The van der Waals surface area contributed by atoms with Gasteiger partial charge in [-0.3, -0.25) is 0 Å². The molecule has 23 heavy (non-hydrogen) atoms. The second-order valence-electron chi connectivity index (χ2n) is 5.09. The molecule has 1 aromatic carbocycles. The van der Waals surface area contributed by atoms with Gasteiger partial charge in [-0.2, -0.15) is 0 Å². The SMILES string of the molecule is O=C(O)CO[C@H]1CCOC[C@H]1NS(=O)(=O)C=Cc1ccccc1. The first kappa shape index (κ1) is 17.6. The van der Waals surface area contributed by atoms with Crippen LogP contribution >= 0.6 is 0 Å². The van der Waals surface area contributed by atoms with Crippen molar-refractivity contribution in [2.24, 2.45) is 0 Å². The second-order valence-corrected chi connectivity index (χ2v) is 6.69. The van der Waals surface area contributed by atoms with Gasteiger partial charge in [0.05, 0.1) is 18.8 Å². The van der Waals surface area contributed by atoms with Crippen molar-refractivity contribution in [3.8, 4) is 0 Å². The molecule has 2 N–H and O–H groups in total. The monoisotopic (exact) mass is 341 g/mol. The highest BCUT2D eigenvalue weighted by atomic mass is 32.2. The first-order valence-electron chi connectivity index (χ1n) is 7.13. The average Bonchev–Trinajstić information content (AvgIpc) is 2.53. The van der Waals surface area contributed by atoms with Gasteiger partial charge in [0, 0.05) is 12.0 Å². The lowest BCUT2D eigenvalue weighted by Gasteiger charge is -2.31. The molecule has 1 aliphatic heterocycles. The van der Waals surface area contributed by atoms with E-state index in [1.165, 1.54) is 6.08 Å². The Balaban J connectivity index is 1.99. The van der Waals surface area contributed by atoms with Crippen molar-refractivity contribution in [3.63, 3.8) is 0 Å². The van der Waals surface area contributed by atoms with Crippen LogP contribution in [0.1, 0.15) is 12.0 Å². The largest absolute Gasteiger partial charge is 0.480 e. The maximum Gasteiger partial charge on any atom is 0.329 e. The van der Waals surface area contributed by atoms with Crippen molar-refractivity contribution in [2.75, 3.05) is 19.8 Å². The number of carboxylic acids is 1. The van der Waals surface area contributed by atoms with Gasteiger partial charge in [-0.1, -0.05) is 30.3 Å². The Morgan fingerprint density at radius 1 is 1.39 bits per heavy atom. The minimum absolute atomic E-state index is 0.142. The molecule has 8 heteroatoms. The molecule has 0 aliphatic carbocycles. The first-order chi connectivity index (χ1) is 11.0. The zero-order valence-electron chi connectivity index (χ0n) is 12.4. The van der Waals surface area contributed by atoms with E-state index in [4.69, 9.17) is 14.6 Å². The van der Waals surface area contributed by atoms with Crippen LogP contribution in [0.25, 0.3) is 6.08 Å². The maximum atomic E-state index is 12.1. The summed E-state index contributed by atoms with van der Waals surface area (Å²) in [4.78, 5) is 10.6. The van der Waals surface area contributed by atoms with Crippen molar-refractivity contribution < 1.29 is 27.8 Å². The zero-order chi connectivity index (χ0) is 16.7. The summed E-state index contributed by atoms with van der Waals surface area (Å²) in [6.07, 6.45) is 1.39. The molecular formula is C15H19NO6S. The Bertz CT molecular complexity index is 643. The number of ether oxygens (including phenoxy) is 2. The van der Waals surface area contributed by atoms with Crippen molar-refractivity contribution >= 4 is 22.1 Å². The van der Waals surface area contributed by atoms with Crippen molar-refractivity contribution in [1.29, 1.82) is 0 Å². The summed E-state index contributed by atoms with van der Waals surface area (Å²) in [6.45, 7) is 0.0772. The summed E-state index contributed by atoms with van der Waals surface area (Å²) in [7, 11) is -3.69. The Labute approximate surface area is 135 Å². The third kappa shape index (κ3) is 6.11. The smallest absolute Gasteiger partial charge is 0.329 e. The predicted molar refractivity (Wildman–Crippen MR) is 84.1 cm³/mol. The van der Waals surface area contributed by atoms with E-state index in [-0.39, 0.29) is 6.61 Å². The topological polar surface area (TPSA) is 102 Å². The van der Waals surface area contributed by atoms with Crippen molar-refractivity contribution in [2.45, 2.75) is 18.6 Å². The molecule has 126 valence electrons. The number of carboxylic acid groups (broad SMARTS) is 1. The number of nitrogens with one attached hydrogen (secondary N) is 1. The number of sulfonamides is 1. The molecule has 0 radical (unpaired) electrons. The minimum Gasteiger partial charge on any atom is -0.480 e. The summed E-state index contributed by atoms with van der Waals surface area (Å²) in [5.74, 6) is -1.10. The van der Waals surface area contributed by atoms with E-state index in [2.05, 4.69) is 4.72 Å². The number of carbonyl (C=O) groups is 1. The standard InChI is InChI=1S/C15H19NO6S/c17-15(18)11-22-14-6-8-21-10-13(14)16-23(19,20)9-7-12-4-2-1-3-5-12/h1-5,7,9,13-14,16H,6,8,10-11H2,(H,17,18)/t13-,14+/m1/s1. The molecule has 0 spiro atoms. The minimum atomic E-state index is -3.69. The van der Waals surface area contributed by atoms with E-state index >= 15 is 0 Å². The molecule has 1 aromatic rings. The van der Waals surface area contributed by atoms with Gasteiger partial charge in [0.25, 0.3) is 0 Å². The summed E-state index contributed by atoms with van der Waals surface area (Å²) >= 11 is 0. The lowest BCUT2D eigenvalue weighted by atomic mass is 10.1. The fraction of sp³-hybridized carbons (Fsp3) is 0.400. The van der Waals surface area contributed by atoms with E-state index in [0.29, 0.717) is 13.0 Å². The average molecular weight is 341 g/mol. The highest BCUT2D eigenvalue weighted by Crippen LogP contribution is 2.13. The molecule has 0 bridgehead atoms. The third-order valence-corrected chi connectivity index (χ3v) is 4.39. The molecule has 1 heterocycles. The van der Waals surface area contributed by atoms with Crippen molar-refractivity contribution in [3.05, 3.63) is 41.3 Å². The van der Waals surface area contributed by atoms with Crippen LogP contribution in [0, 0.1) is 0 Å². The van der Waals surface area contributed by atoms with Crippen LogP contribution in [0.4, 0.5) is 0 Å². The van der Waals surface area contributed by atoms with Crippen LogP contribution in [-0.4, -0.2) is 51.5 Å². The molecule has 7 nitrogen and oxygen atoms in total. The van der Waals surface area contributed by atoms with E-state index in [9.17, 15) is 13.2 Å². The molecule has 1 aliphatic rings. The lowest BCUT2D eigenvalue weighted by Crippen LogP contribution is -2.50. The molecule has 0 unspecified atom stereocenters. The number of aliphatic carboxylic acids is 1. The summed E-state index contributed by atoms with van der Waals surface area (Å²) < 4.78 is 37.2. The molecule has 1 saturated heterocycles. The molecule has 0 amide bonds. The van der Waals surface area contributed by atoms with Gasteiger partial charge < -0.3 is 14.6 Å². The van der Waals surface area contributed by atoms with Crippen LogP contribution < -0.4 is 4.72 Å². The van der Waals surface area contributed by atoms with E-state index < -0.39 is 34.7 Å².